The van der Waals surface area contributed by atoms with Gasteiger partial charge in [-0.25, -0.2) is 13.6 Å². The number of carbonyl (C=O) groups excluding carboxylic acids is 2. The van der Waals surface area contributed by atoms with Crippen molar-refractivity contribution in [1.29, 1.82) is 0 Å². The first-order valence-electron chi connectivity index (χ1n) is 11.6. The summed E-state index contributed by atoms with van der Waals surface area (Å²) in [5.41, 5.74) is 3.15. The van der Waals surface area contributed by atoms with E-state index >= 15 is 0 Å². The van der Waals surface area contributed by atoms with Gasteiger partial charge >= 0.3 is 12.1 Å². The second-order valence-corrected chi connectivity index (χ2v) is 9.43. The Labute approximate surface area is 202 Å². The number of rotatable bonds is 7. The summed E-state index contributed by atoms with van der Waals surface area (Å²) in [6.45, 7) is 1.73. The number of nitrogens with one attached hydrogen (secondary N) is 1. The Morgan fingerprint density at radius 3 is 2.20 bits per heavy atom. The van der Waals surface area contributed by atoms with Crippen molar-refractivity contribution in [3.05, 3.63) is 59.7 Å². The van der Waals surface area contributed by atoms with Crippen molar-refractivity contribution >= 4 is 18.0 Å². The van der Waals surface area contributed by atoms with Gasteiger partial charge in [-0.1, -0.05) is 55.5 Å². The van der Waals surface area contributed by atoms with Crippen LogP contribution in [0.15, 0.2) is 48.5 Å². The Hall–Kier alpha value is -3.49. The van der Waals surface area contributed by atoms with Crippen LogP contribution in [-0.4, -0.2) is 60.1 Å². The molecule has 2 aliphatic rings. The fourth-order valence-electron chi connectivity index (χ4n) is 4.85. The van der Waals surface area contributed by atoms with Gasteiger partial charge < -0.3 is 20.1 Å². The zero-order valence-electron chi connectivity index (χ0n) is 19.6. The highest BCUT2D eigenvalue weighted by atomic mass is 19.3. The Bertz CT molecular complexity index is 1110. The van der Waals surface area contributed by atoms with Crippen LogP contribution >= 0.6 is 0 Å². The van der Waals surface area contributed by atoms with E-state index in [1.807, 2.05) is 48.5 Å². The zero-order chi connectivity index (χ0) is 25.4. The SMILES string of the molecule is CCC(C)(CNC(=O)OCC1c2ccccc2-c2ccccc21)C(=O)N1CC(C(=O)O)C(F)(F)C1. The minimum Gasteiger partial charge on any atom is -0.481 e. The molecule has 1 aliphatic carbocycles. The van der Waals surface area contributed by atoms with Crippen LogP contribution < -0.4 is 5.32 Å². The molecule has 186 valence electrons. The molecule has 1 fully saturated rings. The van der Waals surface area contributed by atoms with E-state index in [0.717, 1.165) is 27.2 Å². The van der Waals surface area contributed by atoms with Gasteiger partial charge in [0.1, 0.15) is 12.5 Å². The Kier molecular flexibility index (Phi) is 6.53. The van der Waals surface area contributed by atoms with Gasteiger partial charge in [0, 0.05) is 19.0 Å². The van der Waals surface area contributed by atoms with Crippen LogP contribution in [0.25, 0.3) is 11.1 Å². The lowest BCUT2D eigenvalue weighted by atomic mass is 9.85. The summed E-state index contributed by atoms with van der Waals surface area (Å²) in [6, 6.07) is 15.9. The predicted molar refractivity (Wildman–Crippen MR) is 124 cm³/mol. The van der Waals surface area contributed by atoms with Crippen molar-refractivity contribution in [1.82, 2.24) is 10.2 Å². The van der Waals surface area contributed by atoms with Crippen molar-refractivity contribution in [3.63, 3.8) is 0 Å². The summed E-state index contributed by atoms with van der Waals surface area (Å²) < 4.78 is 33.6. The second kappa shape index (κ2) is 9.28. The van der Waals surface area contributed by atoms with Gasteiger partial charge in [-0.2, -0.15) is 0 Å². The molecule has 2 amide bonds. The number of hydrogen-bond acceptors (Lipinski definition) is 4. The van der Waals surface area contributed by atoms with Gasteiger partial charge in [-0.05, 0) is 35.6 Å². The predicted octanol–water partition coefficient (Wildman–Crippen LogP) is 4.12. The number of alkyl carbamates (subject to hydrolysis) is 1. The highest BCUT2D eigenvalue weighted by Gasteiger charge is 2.55. The van der Waals surface area contributed by atoms with Crippen LogP contribution in [0.4, 0.5) is 13.6 Å². The van der Waals surface area contributed by atoms with Crippen molar-refractivity contribution in [2.75, 3.05) is 26.2 Å². The lowest BCUT2D eigenvalue weighted by Gasteiger charge is -2.31. The average Bonchev–Trinajstić information content (AvgIpc) is 3.34. The van der Waals surface area contributed by atoms with Crippen molar-refractivity contribution in [2.45, 2.75) is 32.1 Å². The molecule has 2 unspecified atom stereocenters. The molecule has 0 aromatic heterocycles. The fourth-order valence-corrected chi connectivity index (χ4v) is 4.85. The van der Waals surface area contributed by atoms with Gasteiger partial charge in [-0.15, -0.1) is 0 Å². The van der Waals surface area contributed by atoms with Gasteiger partial charge in [0.05, 0.1) is 12.0 Å². The number of alkyl halides is 2. The second-order valence-electron chi connectivity index (χ2n) is 9.43. The number of nitrogens with zero attached hydrogens (tertiary/aromatic N) is 1. The highest BCUT2D eigenvalue weighted by molar-refractivity contribution is 5.85. The molecule has 0 radical (unpaired) electrons. The third-order valence-corrected chi connectivity index (χ3v) is 7.16. The molecule has 0 saturated carbocycles. The molecular formula is C26H28F2N2O5. The molecule has 35 heavy (non-hydrogen) atoms. The number of halogens is 2. The van der Waals surface area contributed by atoms with E-state index in [0.29, 0.717) is 0 Å². The van der Waals surface area contributed by atoms with Crippen molar-refractivity contribution in [3.8, 4) is 11.1 Å². The minimum absolute atomic E-state index is 0.106. The van der Waals surface area contributed by atoms with E-state index in [9.17, 15) is 23.2 Å². The van der Waals surface area contributed by atoms with Crippen LogP contribution in [0, 0.1) is 11.3 Å². The quantitative estimate of drug-likeness (QED) is 0.614. The third-order valence-electron chi connectivity index (χ3n) is 7.16. The summed E-state index contributed by atoms with van der Waals surface area (Å²) in [4.78, 5) is 37.6. The average molecular weight is 487 g/mol. The molecule has 1 saturated heterocycles. The standard InChI is InChI=1S/C26H28F2N2O5/c1-3-25(2,23(33)30-12-21(22(31)32)26(27,28)15-30)14-29-24(34)35-13-20-18-10-6-4-8-16(18)17-9-5-7-11-19(17)20/h4-11,20-21H,3,12-15H2,1-2H3,(H,29,34)(H,31,32). The number of fused-ring (bicyclic) bond motifs is 3. The first-order valence-corrected chi connectivity index (χ1v) is 11.6. The van der Waals surface area contributed by atoms with E-state index in [1.165, 1.54) is 0 Å². The van der Waals surface area contributed by atoms with E-state index in [4.69, 9.17) is 9.84 Å². The molecular weight excluding hydrogens is 458 g/mol. The number of likely N-dealkylation sites (tertiary alicyclic amines) is 1. The van der Waals surface area contributed by atoms with Gasteiger partial charge in [0.15, 0.2) is 0 Å². The third kappa shape index (κ3) is 4.59. The van der Waals surface area contributed by atoms with E-state index in [1.54, 1.807) is 13.8 Å². The lowest BCUT2D eigenvalue weighted by Crippen LogP contribution is -2.48. The van der Waals surface area contributed by atoms with Crippen molar-refractivity contribution in [2.24, 2.45) is 11.3 Å². The normalized spacial score (nSPS) is 20.0. The van der Waals surface area contributed by atoms with Gasteiger partial charge in [0.2, 0.25) is 5.91 Å². The highest BCUT2D eigenvalue weighted by Crippen LogP contribution is 2.44. The molecule has 2 aromatic carbocycles. The molecule has 4 rings (SSSR count). The maximum Gasteiger partial charge on any atom is 0.407 e. The van der Waals surface area contributed by atoms with Gasteiger partial charge in [0.25, 0.3) is 5.92 Å². The van der Waals surface area contributed by atoms with Crippen LogP contribution in [-0.2, 0) is 14.3 Å². The fraction of sp³-hybridized carbons (Fsp3) is 0.423. The summed E-state index contributed by atoms with van der Waals surface area (Å²) in [7, 11) is 0. The summed E-state index contributed by atoms with van der Waals surface area (Å²) in [5.74, 6) is -7.83. The molecule has 9 heteroatoms. The number of hydrogen-bond donors (Lipinski definition) is 2. The number of ether oxygens (including phenoxy) is 1. The topological polar surface area (TPSA) is 95.9 Å². The number of carbonyl (C=O) groups is 3. The lowest BCUT2D eigenvalue weighted by molar-refractivity contribution is -0.151. The Morgan fingerprint density at radius 2 is 1.69 bits per heavy atom. The Balaban J connectivity index is 1.37. The van der Waals surface area contributed by atoms with Crippen molar-refractivity contribution < 1.29 is 33.0 Å². The molecule has 1 heterocycles. The van der Waals surface area contributed by atoms with Crippen LogP contribution in [0.3, 0.4) is 0 Å². The molecule has 0 bridgehead atoms. The Morgan fingerprint density at radius 1 is 1.11 bits per heavy atom. The van der Waals surface area contributed by atoms with E-state index in [-0.39, 0.29) is 25.5 Å². The number of carboxylic acid groups (broad SMARTS) is 1. The van der Waals surface area contributed by atoms with E-state index < -0.39 is 48.3 Å². The van der Waals surface area contributed by atoms with E-state index in [2.05, 4.69) is 5.32 Å². The smallest absolute Gasteiger partial charge is 0.407 e. The molecule has 1 aliphatic heterocycles. The maximum atomic E-state index is 14.1. The molecule has 2 N–H and O–H groups in total. The first-order chi connectivity index (χ1) is 16.6. The monoisotopic (exact) mass is 486 g/mol. The molecule has 2 atom stereocenters. The summed E-state index contributed by atoms with van der Waals surface area (Å²) in [6.07, 6.45) is -0.454. The molecule has 2 aromatic rings. The first kappa shape index (κ1) is 24.6. The number of aliphatic carboxylic acids is 1. The number of amides is 2. The molecule has 0 spiro atoms. The zero-order valence-corrected chi connectivity index (χ0v) is 19.6. The summed E-state index contributed by atoms with van der Waals surface area (Å²) >= 11 is 0. The maximum absolute atomic E-state index is 14.1. The number of carboxylic acids is 1. The minimum atomic E-state index is -3.50. The largest absolute Gasteiger partial charge is 0.481 e. The van der Waals surface area contributed by atoms with Crippen LogP contribution in [0.2, 0.25) is 0 Å². The summed E-state index contributed by atoms with van der Waals surface area (Å²) in [5, 5.41) is 11.7. The van der Waals surface area contributed by atoms with Crippen LogP contribution in [0.5, 0.6) is 0 Å². The van der Waals surface area contributed by atoms with Crippen LogP contribution in [0.1, 0.15) is 37.3 Å². The van der Waals surface area contributed by atoms with Gasteiger partial charge in [-0.3, -0.25) is 9.59 Å². The number of benzene rings is 2. The molecule has 7 nitrogen and oxygen atoms in total.